The first-order chi connectivity index (χ1) is 12.5. The fourth-order valence-electron chi connectivity index (χ4n) is 2.70. The summed E-state index contributed by atoms with van der Waals surface area (Å²) in [6, 6.07) is 5.83. The maximum Gasteiger partial charge on any atom is 0.358 e. The van der Waals surface area contributed by atoms with Crippen molar-refractivity contribution in [1.82, 2.24) is 10.5 Å². The van der Waals surface area contributed by atoms with E-state index in [-0.39, 0.29) is 17.2 Å². The van der Waals surface area contributed by atoms with Crippen molar-refractivity contribution in [3.05, 3.63) is 42.6 Å². The minimum atomic E-state index is -1.16. The number of phenolic OH excluding ortho intramolecular Hbond substituents is 1. The minimum Gasteiger partial charge on any atom is -0.504 e. The summed E-state index contributed by atoms with van der Waals surface area (Å²) >= 11 is 0. The number of aromatic nitrogens is 1. The average molecular weight is 360 g/mol. The number of methoxy groups -OCH3 is 1. The van der Waals surface area contributed by atoms with Crippen LogP contribution in [-0.4, -0.2) is 41.5 Å². The molecule has 1 saturated heterocycles. The number of hydrogen-bond donors (Lipinski definition) is 3. The first-order valence-corrected chi connectivity index (χ1v) is 8.44. The van der Waals surface area contributed by atoms with Crippen LogP contribution in [0, 0.1) is 5.92 Å². The molecule has 26 heavy (non-hydrogen) atoms. The predicted molar refractivity (Wildman–Crippen MR) is 97.5 cm³/mol. The van der Waals surface area contributed by atoms with Gasteiger partial charge in [-0.25, -0.2) is 4.79 Å². The van der Waals surface area contributed by atoms with Crippen molar-refractivity contribution in [2.24, 2.45) is 5.92 Å². The largest absolute Gasteiger partial charge is 0.504 e. The maximum atomic E-state index is 10.6. The molecular formula is C19H24N2O5. The minimum absolute atomic E-state index is 0.00535. The molecule has 3 rings (SSSR count). The Kier molecular flexibility index (Phi) is 7.23. The van der Waals surface area contributed by atoms with Crippen molar-refractivity contribution in [3.63, 3.8) is 0 Å². The molecular weight excluding hydrogens is 336 g/mol. The number of aromatic hydroxyl groups is 1. The van der Waals surface area contributed by atoms with Gasteiger partial charge in [-0.1, -0.05) is 11.2 Å². The number of allylic oxidation sites excluding steroid dienone is 1. The summed E-state index contributed by atoms with van der Waals surface area (Å²) in [7, 11) is 1.42. The second kappa shape index (κ2) is 9.62. The number of carbonyl (C=O) groups is 1. The molecule has 2 heterocycles. The Labute approximate surface area is 152 Å². The summed E-state index contributed by atoms with van der Waals surface area (Å²) < 4.78 is 9.82. The summed E-state index contributed by atoms with van der Waals surface area (Å²) in [6.07, 6.45) is 5.93. The quantitative estimate of drug-likeness (QED) is 0.703. The Morgan fingerprint density at radius 2 is 2.15 bits per heavy atom. The fourth-order valence-corrected chi connectivity index (χ4v) is 2.70. The van der Waals surface area contributed by atoms with Gasteiger partial charge in [0.2, 0.25) is 0 Å². The molecule has 7 heteroatoms. The molecule has 0 unspecified atom stereocenters. The summed E-state index contributed by atoms with van der Waals surface area (Å²) in [5.41, 5.74) is 0.395. The second-order valence-electron chi connectivity index (χ2n) is 5.99. The Morgan fingerprint density at radius 1 is 1.42 bits per heavy atom. The van der Waals surface area contributed by atoms with E-state index < -0.39 is 5.97 Å². The van der Waals surface area contributed by atoms with Crippen LogP contribution in [0.25, 0.3) is 11.3 Å². The number of ether oxygens (including phenoxy) is 1. The van der Waals surface area contributed by atoms with E-state index in [9.17, 15) is 9.90 Å². The molecule has 7 nitrogen and oxygen atoms in total. The van der Waals surface area contributed by atoms with Crippen LogP contribution in [0.1, 0.15) is 29.8 Å². The van der Waals surface area contributed by atoms with E-state index in [4.69, 9.17) is 14.4 Å². The van der Waals surface area contributed by atoms with Crippen LogP contribution < -0.4 is 10.1 Å². The highest BCUT2D eigenvalue weighted by molar-refractivity contribution is 5.86. The van der Waals surface area contributed by atoms with Crippen LogP contribution >= 0.6 is 0 Å². The lowest BCUT2D eigenvalue weighted by atomic mass is 9.95. The zero-order chi connectivity index (χ0) is 18.9. The third-order valence-corrected chi connectivity index (χ3v) is 4.15. The van der Waals surface area contributed by atoms with Gasteiger partial charge in [0.1, 0.15) is 0 Å². The molecule has 140 valence electrons. The van der Waals surface area contributed by atoms with Gasteiger partial charge in [-0.05, 0) is 56.5 Å². The van der Waals surface area contributed by atoms with Gasteiger partial charge in [0.15, 0.2) is 23.0 Å². The van der Waals surface area contributed by atoms with E-state index in [0.717, 1.165) is 5.92 Å². The Bertz CT molecular complexity index is 735. The monoisotopic (exact) mass is 360 g/mol. The Morgan fingerprint density at radius 3 is 2.73 bits per heavy atom. The molecule has 1 aliphatic rings. The highest BCUT2D eigenvalue weighted by Gasteiger charge is 2.13. The average Bonchev–Trinajstić information content (AvgIpc) is 3.14. The van der Waals surface area contributed by atoms with Crippen LogP contribution in [-0.2, 0) is 0 Å². The molecule has 1 aliphatic heterocycles. The smallest absolute Gasteiger partial charge is 0.358 e. The van der Waals surface area contributed by atoms with E-state index in [2.05, 4.69) is 17.1 Å². The number of hydrogen-bond acceptors (Lipinski definition) is 6. The van der Waals surface area contributed by atoms with E-state index in [1.807, 2.05) is 6.08 Å². The second-order valence-corrected chi connectivity index (χ2v) is 5.99. The highest BCUT2D eigenvalue weighted by Crippen LogP contribution is 2.31. The fraction of sp³-hybridized carbons (Fsp3) is 0.368. The molecule has 0 saturated carbocycles. The SMILES string of the molecule is C=CCC1CCNCC1.COc1cc(-c2cc(C(=O)O)no2)ccc1O. The molecule has 0 spiro atoms. The van der Waals surface area contributed by atoms with Crippen LogP contribution in [0.15, 0.2) is 41.4 Å². The van der Waals surface area contributed by atoms with Crippen molar-refractivity contribution in [1.29, 1.82) is 0 Å². The van der Waals surface area contributed by atoms with Crippen molar-refractivity contribution in [3.8, 4) is 22.8 Å². The maximum absolute atomic E-state index is 10.6. The lowest BCUT2D eigenvalue weighted by Gasteiger charge is -2.20. The third-order valence-electron chi connectivity index (χ3n) is 4.15. The predicted octanol–water partition coefficient (Wildman–Crippen LogP) is 3.32. The van der Waals surface area contributed by atoms with E-state index in [0.29, 0.717) is 11.3 Å². The first-order valence-electron chi connectivity index (χ1n) is 8.44. The van der Waals surface area contributed by atoms with Crippen molar-refractivity contribution in [2.75, 3.05) is 20.2 Å². The Balaban J connectivity index is 0.000000228. The highest BCUT2D eigenvalue weighted by atomic mass is 16.5. The molecule has 0 bridgehead atoms. The molecule has 1 aromatic carbocycles. The van der Waals surface area contributed by atoms with Crippen LogP contribution in [0.5, 0.6) is 11.5 Å². The van der Waals surface area contributed by atoms with E-state index in [1.54, 1.807) is 6.07 Å². The first kappa shape index (κ1) is 19.5. The molecule has 2 aromatic rings. The molecule has 1 fully saturated rings. The topological polar surface area (TPSA) is 105 Å². The van der Waals surface area contributed by atoms with Crippen molar-refractivity contribution in [2.45, 2.75) is 19.3 Å². The number of phenols is 1. The number of piperidine rings is 1. The van der Waals surface area contributed by atoms with E-state index in [1.165, 1.54) is 57.7 Å². The lowest BCUT2D eigenvalue weighted by molar-refractivity contribution is 0.0686. The molecule has 0 radical (unpaired) electrons. The number of rotatable bonds is 5. The van der Waals surface area contributed by atoms with Crippen LogP contribution in [0.2, 0.25) is 0 Å². The normalized spacial score (nSPS) is 14.2. The molecule has 3 N–H and O–H groups in total. The van der Waals surface area contributed by atoms with Crippen molar-refractivity contribution >= 4 is 5.97 Å². The number of carboxylic acids is 1. The Hall–Kier alpha value is -2.80. The zero-order valence-corrected chi connectivity index (χ0v) is 14.8. The number of nitrogens with one attached hydrogen (secondary N) is 1. The van der Waals surface area contributed by atoms with Crippen LogP contribution in [0.4, 0.5) is 0 Å². The summed E-state index contributed by atoms with van der Waals surface area (Å²) in [6.45, 7) is 6.15. The summed E-state index contributed by atoms with van der Waals surface area (Å²) in [4.78, 5) is 10.6. The number of nitrogens with zero attached hydrogens (tertiary/aromatic N) is 1. The number of benzene rings is 1. The molecule has 0 aliphatic carbocycles. The van der Waals surface area contributed by atoms with Gasteiger partial charge in [0, 0.05) is 11.6 Å². The summed E-state index contributed by atoms with van der Waals surface area (Å²) in [5.74, 6) is 0.320. The number of aromatic carboxylic acids is 1. The molecule has 0 atom stereocenters. The molecule has 0 amide bonds. The van der Waals surface area contributed by atoms with Gasteiger partial charge in [-0.15, -0.1) is 6.58 Å². The van der Waals surface area contributed by atoms with Gasteiger partial charge in [0.05, 0.1) is 7.11 Å². The summed E-state index contributed by atoms with van der Waals surface area (Å²) in [5, 5.41) is 24.8. The van der Waals surface area contributed by atoms with Gasteiger partial charge in [-0.2, -0.15) is 0 Å². The number of carboxylic acid groups (broad SMARTS) is 1. The zero-order valence-electron chi connectivity index (χ0n) is 14.8. The van der Waals surface area contributed by atoms with Crippen LogP contribution in [0.3, 0.4) is 0 Å². The van der Waals surface area contributed by atoms with E-state index >= 15 is 0 Å². The van der Waals surface area contributed by atoms with Gasteiger partial charge in [-0.3, -0.25) is 0 Å². The third kappa shape index (κ3) is 5.35. The van der Waals surface area contributed by atoms with Crippen molar-refractivity contribution < 1.29 is 24.3 Å². The standard InChI is InChI=1S/C11H9NO5.C8H15N/c1-16-10-4-6(2-3-8(10)13)9-5-7(11(14)15)12-17-9;1-2-3-8-4-6-9-7-5-8/h2-5,13H,1H3,(H,14,15);2,8-9H,1,3-7H2. The van der Waals surface area contributed by atoms with Gasteiger partial charge < -0.3 is 24.8 Å². The van der Waals surface area contributed by atoms with Gasteiger partial charge >= 0.3 is 5.97 Å². The lowest BCUT2D eigenvalue weighted by Crippen LogP contribution is -2.27. The van der Waals surface area contributed by atoms with Gasteiger partial charge in [0.25, 0.3) is 0 Å². The molecule has 1 aromatic heterocycles.